The van der Waals surface area contributed by atoms with Gasteiger partial charge in [0.05, 0.1) is 17.4 Å². The summed E-state index contributed by atoms with van der Waals surface area (Å²) in [6.07, 6.45) is 3.29. The van der Waals surface area contributed by atoms with E-state index in [1.807, 2.05) is 30.3 Å². The lowest BCUT2D eigenvalue weighted by Gasteiger charge is -2.01. The molecule has 1 aromatic carbocycles. The molecule has 0 fully saturated rings. The number of hydrogen-bond acceptors (Lipinski definition) is 4. The first-order chi connectivity index (χ1) is 7.83. The monoisotopic (exact) mass is 211 g/mol. The average molecular weight is 211 g/mol. The third-order valence-corrected chi connectivity index (χ3v) is 2.33. The molecular weight excluding hydrogens is 202 g/mol. The Morgan fingerprint density at radius 1 is 1.19 bits per heavy atom. The molecule has 0 aliphatic rings. The summed E-state index contributed by atoms with van der Waals surface area (Å²) >= 11 is 0. The second kappa shape index (κ2) is 3.30. The first kappa shape index (κ1) is 8.84. The normalized spacial score (nSPS) is 10.8. The largest absolute Gasteiger partial charge is 0.381 e. The topological polar surface area (TPSA) is 69.6 Å². The van der Waals surface area contributed by atoms with E-state index in [1.54, 1.807) is 6.20 Å². The minimum atomic E-state index is 0.409. The van der Waals surface area contributed by atoms with Crippen molar-refractivity contribution in [3.05, 3.63) is 42.7 Å². The molecule has 2 aromatic heterocycles. The second-order valence-corrected chi connectivity index (χ2v) is 3.44. The molecule has 16 heavy (non-hydrogen) atoms. The highest BCUT2D eigenvalue weighted by atomic mass is 15.5. The van der Waals surface area contributed by atoms with Crippen molar-refractivity contribution in [1.29, 1.82) is 0 Å². The maximum atomic E-state index is 5.52. The van der Waals surface area contributed by atoms with Crippen molar-refractivity contribution < 1.29 is 0 Å². The van der Waals surface area contributed by atoms with Crippen LogP contribution in [0.3, 0.4) is 0 Å². The minimum absolute atomic E-state index is 0.409. The predicted molar refractivity (Wildman–Crippen MR) is 61.1 cm³/mol. The van der Waals surface area contributed by atoms with Crippen molar-refractivity contribution in [3.8, 4) is 5.69 Å². The highest BCUT2D eigenvalue weighted by Gasteiger charge is 2.01. The Labute approximate surface area is 91.5 Å². The average Bonchev–Trinajstić information content (AvgIpc) is 2.75. The molecule has 0 saturated heterocycles. The lowest BCUT2D eigenvalue weighted by atomic mass is 10.2. The van der Waals surface area contributed by atoms with Crippen LogP contribution in [0.4, 0.5) is 5.82 Å². The summed E-state index contributed by atoms with van der Waals surface area (Å²) in [4.78, 5) is 5.75. The summed E-state index contributed by atoms with van der Waals surface area (Å²) in [6.45, 7) is 0. The predicted octanol–water partition coefficient (Wildman–Crippen LogP) is 1.40. The number of fused-ring (bicyclic) bond motifs is 1. The highest BCUT2D eigenvalue weighted by molar-refractivity contribution is 5.80. The van der Waals surface area contributed by atoms with Crippen LogP contribution < -0.4 is 5.73 Å². The van der Waals surface area contributed by atoms with Crippen LogP contribution in [-0.2, 0) is 0 Å². The molecule has 0 aliphatic carbocycles. The molecule has 2 N–H and O–H groups in total. The van der Waals surface area contributed by atoms with E-state index in [2.05, 4.69) is 15.2 Å². The second-order valence-electron chi connectivity index (χ2n) is 3.44. The summed E-state index contributed by atoms with van der Waals surface area (Å²) in [5.41, 5.74) is 7.34. The van der Waals surface area contributed by atoms with E-state index in [0.717, 1.165) is 16.6 Å². The van der Waals surface area contributed by atoms with E-state index in [0.29, 0.717) is 5.82 Å². The standard InChI is InChI=1S/C11H9N5/c12-11-7-14-16(15-11)9-3-4-10-8(6-9)2-1-5-13-10/h1-7H,(H2,12,15). The van der Waals surface area contributed by atoms with Crippen LogP contribution >= 0.6 is 0 Å². The van der Waals surface area contributed by atoms with Gasteiger partial charge in [-0.05, 0) is 24.3 Å². The Bertz CT molecular complexity index is 643. The number of aromatic nitrogens is 4. The molecule has 0 radical (unpaired) electrons. The van der Waals surface area contributed by atoms with Crippen LogP contribution in [-0.4, -0.2) is 20.0 Å². The summed E-state index contributed by atoms with van der Waals surface area (Å²) in [6, 6.07) is 9.72. The number of benzene rings is 1. The molecule has 5 heteroatoms. The molecule has 78 valence electrons. The van der Waals surface area contributed by atoms with Crippen molar-refractivity contribution in [3.63, 3.8) is 0 Å². The fourth-order valence-electron chi connectivity index (χ4n) is 1.59. The smallest absolute Gasteiger partial charge is 0.166 e. The van der Waals surface area contributed by atoms with Crippen molar-refractivity contribution in [2.45, 2.75) is 0 Å². The van der Waals surface area contributed by atoms with Crippen molar-refractivity contribution in [2.75, 3.05) is 5.73 Å². The van der Waals surface area contributed by atoms with Gasteiger partial charge in [0.1, 0.15) is 0 Å². The van der Waals surface area contributed by atoms with Crippen molar-refractivity contribution in [2.24, 2.45) is 0 Å². The number of nitrogen functional groups attached to an aromatic ring is 1. The fourth-order valence-corrected chi connectivity index (χ4v) is 1.59. The first-order valence-corrected chi connectivity index (χ1v) is 4.86. The van der Waals surface area contributed by atoms with Crippen molar-refractivity contribution in [1.82, 2.24) is 20.0 Å². The Morgan fingerprint density at radius 3 is 2.94 bits per heavy atom. The minimum Gasteiger partial charge on any atom is -0.381 e. The van der Waals surface area contributed by atoms with E-state index in [1.165, 1.54) is 11.0 Å². The van der Waals surface area contributed by atoms with E-state index in [9.17, 15) is 0 Å². The molecule has 0 unspecified atom stereocenters. The van der Waals surface area contributed by atoms with Crippen LogP contribution in [0.1, 0.15) is 0 Å². The zero-order valence-corrected chi connectivity index (χ0v) is 8.41. The van der Waals surface area contributed by atoms with E-state index in [4.69, 9.17) is 5.73 Å². The van der Waals surface area contributed by atoms with Gasteiger partial charge in [-0.2, -0.15) is 5.10 Å². The van der Waals surface area contributed by atoms with Gasteiger partial charge in [0, 0.05) is 11.6 Å². The van der Waals surface area contributed by atoms with Gasteiger partial charge < -0.3 is 5.73 Å². The highest BCUT2D eigenvalue weighted by Crippen LogP contribution is 2.15. The third-order valence-electron chi connectivity index (χ3n) is 2.33. The van der Waals surface area contributed by atoms with Gasteiger partial charge >= 0.3 is 0 Å². The molecule has 2 heterocycles. The number of anilines is 1. The Kier molecular flexibility index (Phi) is 1.83. The Hall–Kier alpha value is -2.43. The molecule has 0 saturated carbocycles. The van der Waals surface area contributed by atoms with Gasteiger partial charge in [0.2, 0.25) is 0 Å². The van der Waals surface area contributed by atoms with Gasteiger partial charge in [-0.3, -0.25) is 4.98 Å². The summed E-state index contributed by atoms with van der Waals surface area (Å²) in [5, 5.41) is 9.16. The van der Waals surface area contributed by atoms with E-state index < -0.39 is 0 Å². The molecule has 3 rings (SSSR count). The summed E-state index contributed by atoms with van der Waals surface area (Å²) < 4.78 is 0. The number of nitrogens with zero attached hydrogens (tertiary/aromatic N) is 4. The first-order valence-electron chi connectivity index (χ1n) is 4.86. The van der Waals surface area contributed by atoms with E-state index in [-0.39, 0.29) is 0 Å². The van der Waals surface area contributed by atoms with E-state index >= 15 is 0 Å². The molecule has 5 nitrogen and oxygen atoms in total. The van der Waals surface area contributed by atoms with Gasteiger partial charge in [-0.15, -0.1) is 9.90 Å². The number of rotatable bonds is 1. The molecule has 0 spiro atoms. The summed E-state index contributed by atoms with van der Waals surface area (Å²) in [7, 11) is 0. The molecule has 0 bridgehead atoms. The lowest BCUT2D eigenvalue weighted by Crippen LogP contribution is -1.99. The third kappa shape index (κ3) is 1.38. The van der Waals surface area contributed by atoms with Gasteiger partial charge in [-0.1, -0.05) is 6.07 Å². The summed E-state index contributed by atoms with van der Waals surface area (Å²) in [5.74, 6) is 0.409. The van der Waals surface area contributed by atoms with Crippen molar-refractivity contribution >= 4 is 16.7 Å². The number of nitrogens with two attached hydrogens (primary N) is 1. The zero-order valence-electron chi connectivity index (χ0n) is 8.41. The maximum absolute atomic E-state index is 5.52. The van der Waals surface area contributed by atoms with Crippen LogP contribution in [0.2, 0.25) is 0 Å². The quantitative estimate of drug-likeness (QED) is 0.660. The number of pyridine rings is 1. The SMILES string of the molecule is Nc1cnn(-c2ccc3ncccc3c2)n1. The lowest BCUT2D eigenvalue weighted by molar-refractivity contribution is 0.755. The van der Waals surface area contributed by atoms with Crippen LogP contribution in [0.25, 0.3) is 16.6 Å². The van der Waals surface area contributed by atoms with Crippen LogP contribution in [0.15, 0.2) is 42.7 Å². The molecule has 0 amide bonds. The molecule has 0 atom stereocenters. The molecule has 0 aliphatic heterocycles. The van der Waals surface area contributed by atoms with Gasteiger partial charge in [0.15, 0.2) is 5.82 Å². The zero-order chi connectivity index (χ0) is 11.0. The Balaban J connectivity index is 2.18. The molecular formula is C11H9N5. The Morgan fingerprint density at radius 2 is 2.12 bits per heavy atom. The van der Waals surface area contributed by atoms with Gasteiger partial charge in [0.25, 0.3) is 0 Å². The maximum Gasteiger partial charge on any atom is 0.166 e. The number of hydrogen-bond donors (Lipinski definition) is 1. The fraction of sp³-hybridized carbons (Fsp3) is 0. The van der Waals surface area contributed by atoms with Crippen LogP contribution in [0, 0.1) is 0 Å². The van der Waals surface area contributed by atoms with Gasteiger partial charge in [-0.25, -0.2) is 0 Å². The molecule has 3 aromatic rings. The van der Waals surface area contributed by atoms with Crippen LogP contribution in [0.5, 0.6) is 0 Å².